The van der Waals surface area contributed by atoms with Crippen molar-refractivity contribution in [3.8, 4) is 0 Å². The van der Waals surface area contributed by atoms with Crippen LogP contribution in [0.3, 0.4) is 0 Å². The summed E-state index contributed by atoms with van der Waals surface area (Å²) in [6, 6.07) is 0. The molecular weight excluding hydrogens is 366 g/mol. The number of hydrogen-bond acceptors (Lipinski definition) is 12. The predicted molar refractivity (Wildman–Crippen MR) is 86.8 cm³/mol. The smallest absolute Gasteiger partial charge is 0.355 e. The lowest BCUT2D eigenvalue weighted by Crippen LogP contribution is -2.42. The van der Waals surface area contributed by atoms with Gasteiger partial charge in [-0.15, -0.1) is 0 Å². The molecule has 1 fully saturated rings. The summed E-state index contributed by atoms with van der Waals surface area (Å²) in [6.07, 6.45) is -4.85. The highest BCUT2D eigenvalue weighted by molar-refractivity contribution is 5.68. The van der Waals surface area contributed by atoms with Crippen molar-refractivity contribution in [2.24, 2.45) is 0 Å². The maximum absolute atomic E-state index is 12.2. The number of nitrogens with two attached hydrogens (primary N) is 2. The van der Waals surface area contributed by atoms with Gasteiger partial charge in [-0.25, -0.2) is 9.36 Å². The van der Waals surface area contributed by atoms with Crippen molar-refractivity contribution in [2.45, 2.75) is 45.3 Å². The fourth-order valence-electron chi connectivity index (χ4n) is 2.59. The van der Waals surface area contributed by atoms with E-state index in [2.05, 4.69) is 9.97 Å². The molecule has 1 saturated heterocycles. The molecule has 0 unspecified atom stereocenters. The molecule has 1 aromatic heterocycles. The molecule has 2 heterocycles. The summed E-state index contributed by atoms with van der Waals surface area (Å²) in [5.41, 5.74) is 10.2. The highest BCUT2D eigenvalue weighted by Crippen LogP contribution is 2.34. The van der Waals surface area contributed by atoms with Crippen LogP contribution in [0.5, 0.6) is 0 Å². The van der Waals surface area contributed by atoms with Crippen LogP contribution in [0.15, 0.2) is 4.79 Å². The average Bonchev–Trinajstić information content (AvgIpc) is 2.81. The van der Waals surface area contributed by atoms with Crippen LogP contribution < -0.4 is 17.2 Å². The molecule has 4 atom stereocenters. The van der Waals surface area contributed by atoms with Crippen LogP contribution >= 0.6 is 0 Å². The molecule has 0 aliphatic carbocycles. The zero-order chi connectivity index (χ0) is 20.3. The first-order chi connectivity index (χ1) is 12.6. The maximum Gasteiger partial charge on any atom is 0.355 e. The number of carbonyl (C=O) groups excluding carboxylic acids is 3. The van der Waals surface area contributed by atoms with E-state index in [4.69, 9.17) is 30.4 Å². The van der Waals surface area contributed by atoms with Crippen molar-refractivity contribution >= 4 is 29.8 Å². The molecule has 27 heavy (non-hydrogen) atoms. The number of hydrogen-bond donors (Lipinski definition) is 2. The quantitative estimate of drug-likeness (QED) is 0.425. The van der Waals surface area contributed by atoms with Crippen LogP contribution in [-0.2, 0) is 33.3 Å². The lowest BCUT2D eigenvalue weighted by molar-refractivity contribution is -0.166. The second-order valence-corrected chi connectivity index (χ2v) is 5.61. The van der Waals surface area contributed by atoms with Crippen molar-refractivity contribution in [3.63, 3.8) is 0 Å². The molecule has 13 heteroatoms. The minimum absolute atomic E-state index is 0.327. The SMILES string of the molecule is CC(=O)OC[C@H]1O[C@@H](n2c(N)nc(N)nc2=O)[C@H](OC(C)=O)[C@@H]1OC(C)=O. The lowest BCUT2D eigenvalue weighted by atomic mass is 10.1. The average molecular weight is 385 g/mol. The molecule has 0 amide bonds. The first-order valence-corrected chi connectivity index (χ1v) is 7.75. The van der Waals surface area contributed by atoms with Gasteiger partial charge in [0.1, 0.15) is 12.7 Å². The van der Waals surface area contributed by atoms with E-state index >= 15 is 0 Å². The number of nitrogen functional groups attached to an aromatic ring is 2. The van der Waals surface area contributed by atoms with Gasteiger partial charge in [-0.1, -0.05) is 0 Å². The molecule has 0 radical (unpaired) electrons. The largest absolute Gasteiger partial charge is 0.463 e. The van der Waals surface area contributed by atoms with E-state index in [1.165, 1.54) is 6.92 Å². The molecule has 0 aromatic carbocycles. The van der Waals surface area contributed by atoms with E-state index in [0.29, 0.717) is 0 Å². The maximum atomic E-state index is 12.2. The van der Waals surface area contributed by atoms with Crippen molar-refractivity contribution in [1.82, 2.24) is 14.5 Å². The second kappa shape index (κ2) is 7.99. The molecule has 1 aliphatic heterocycles. The summed E-state index contributed by atoms with van der Waals surface area (Å²) < 4.78 is 21.7. The molecule has 13 nitrogen and oxygen atoms in total. The van der Waals surface area contributed by atoms with Gasteiger partial charge in [0.05, 0.1) is 0 Å². The van der Waals surface area contributed by atoms with Gasteiger partial charge in [0.15, 0.2) is 18.4 Å². The number of ether oxygens (including phenoxy) is 4. The lowest BCUT2D eigenvalue weighted by Gasteiger charge is -2.24. The molecule has 1 aromatic rings. The van der Waals surface area contributed by atoms with Gasteiger partial charge in [-0.2, -0.15) is 9.97 Å². The Hall–Kier alpha value is -3.22. The molecule has 4 N–H and O–H groups in total. The van der Waals surface area contributed by atoms with E-state index in [-0.39, 0.29) is 18.5 Å². The van der Waals surface area contributed by atoms with Gasteiger partial charge in [-0.3, -0.25) is 14.4 Å². The third-order valence-electron chi connectivity index (χ3n) is 3.49. The minimum atomic E-state index is -1.34. The third kappa shape index (κ3) is 4.69. The summed E-state index contributed by atoms with van der Waals surface area (Å²) in [6.45, 7) is 3.10. The Labute approximate surface area is 152 Å². The first-order valence-electron chi connectivity index (χ1n) is 7.75. The predicted octanol–water partition coefficient (Wildman–Crippen LogP) is -1.87. The van der Waals surface area contributed by atoms with Crippen molar-refractivity contribution in [1.29, 1.82) is 0 Å². The van der Waals surface area contributed by atoms with E-state index < -0.39 is 48.1 Å². The Balaban J connectivity index is 2.47. The van der Waals surface area contributed by atoms with Gasteiger partial charge < -0.3 is 30.4 Å². The highest BCUT2D eigenvalue weighted by Gasteiger charge is 2.51. The van der Waals surface area contributed by atoms with Crippen LogP contribution in [-0.4, -0.2) is 57.4 Å². The summed E-state index contributed by atoms with van der Waals surface area (Å²) in [5.74, 6) is -2.77. The zero-order valence-corrected chi connectivity index (χ0v) is 14.8. The number of nitrogens with zero attached hydrogens (tertiary/aromatic N) is 3. The Bertz CT molecular complexity index is 809. The van der Waals surface area contributed by atoms with Crippen LogP contribution in [0.4, 0.5) is 11.9 Å². The molecule has 148 valence electrons. The number of carbonyl (C=O) groups is 3. The van der Waals surface area contributed by atoms with Gasteiger partial charge >= 0.3 is 23.6 Å². The van der Waals surface area contributed by atoms with Crippen LogP contribution in [0, 0.1) is 0 Å². The standard InChI is InChI=1S/C14H19N5O8/c1-5(20)24-4-8-9(25-6(2)21)10(26-7(3)22)11(27-8)19-13(16)17-12(15)18-14(19)23/h8-11H,4H2,1-3H3,(H4,15,16,17,18,23)/t8-,9-,10-,11-/m1/s1. The van der Waals surface area contributed by atoms with Crippen LogP contribution in [0.25, 0.3) is 0 Å². The fourth-order valence-corrected chi connectivity index (χ4v) is 2.59. The van der Waals surface area contributed by atoms with Crippen molar-refractivity contribution < 1.29 is 33.3 Å². The van der Waals surface area contributed by atoms with E-state index in [1.54, 1.807) is 0 Å². The molecule has 1 aliphatic rings. The monoisotopic (exact) mass is 385 g/mol. The topological polar surface area (TPSA) is 188 Å². The summed E-state index contributed by atoms with van der Waals surface area (Å²) in [7, 11) is 0. The molecular formula is C14H19N5O8. The number of anilines is 2. The van der Waals surface area contributed by atoms with Crippen LogP contribution in [0.1, 0.15) is 27.0 Å². The Morgan fingerprint density at radius 2 is 1.63 bits per heavy atom. The molecule has 0 spiro atoms. The molecule has 2 rings (SSSR count). The summed E-state index contributed by atoms with van der Waals surface area (Å²) in [5, 5.41) is 0. The Kier molecular flexibility index (Phi) is 5.95. The first kappa shape index (κ1) is 20.1. The van der Waals surface area contributed by atoms with Gasteiger partial charge in [0.25, 0.3) is 0 Å². The van der Waals surface area contributed by atoms with E-state index in [0.717, 1.165) is 18.4 Å². The Morgan fingerprint density at radius 1 is 1.04 bits per heavy atom. The van der Waals surface area contributed by atoms with Crippen LogP contribution in [0.2, 0.25) is 0 Å². The normalized spacial score (nSPS) is 24.3. The molecule has 0 bridgehead atoms. The Morgan fingerprint density at radius 3 is 2.15 bits per heavy atom. The highest BCUT2D eigenvalue weighted by atomic mass is 16.7. The van der Waals surface area contributed by atoms with E-state index in [1.807, 2.05) is 0 Å². The van der Waals surface area contributed by atoms with Gasteiger partial charge in [0.2, 0.25) is 11.9 Å². The fraction of sp³-hybridized carbons (Fsp3) is 0.571. The van der Waals surface area contributed by atoms with E-state index in [9.17, 15) is 19.2 Å². The summed E-state index contributed by atoms with van der Waals surface area (Å²) in [4.78, 5) is 53.5. The summed E-state index contributed by atoms with van der Waals surface area (Å²) >= 11 is 0. The second-order valence-electron chi connectivity index (χ2n) is 5.61. The number of rotatable bonds is 5. The number of esters is 3. The van der Waals surface area contributed by atoms with Crippen molar-refractivity contribution in [3.05, 3.63) is 10.5 Å². The minimum Gasteiger partial charge on any atom is -0.463 e. The third-order valence-corrected chi connectivity index (χ3v) is 3.49. The van der Waals surface area contributed by atoms with Gasteiger partial charge in [0, 0.05) is 20.8 Å². The zero-order valence-electron chi connectivity index (χ0n) is 14.8. The van der Waals surface area contributed by atoms with Crippen molar-refractivity contribution in [2.75, 3.05) is 18.1 Å². The molecule has 0 saturated carbocycles. The van der Waals surface area contributed by atoms with Gasteiger partial charge in [-0.05, 0) is 0 Å². The number of aromatic nitrogens is 3.